The molecule has 1 aromatic rings. The number of nitrogens with zero attached hydrogens (tertiary/aromatic N) is 2. The van der Waals surface area contributed by atoms with E-state index >= 15 is 0 Å². The van der Waals surface area contributed by atoms with Gasteiger partial charge in [-0.15, -0.1) is 0 Å². The predicted octanol–water partition coefficient (Wildman–Crippen LogP) is 0.951. The number of nitrogen functional groups attached to an aromatic ring is 1. The number of ether oxygens (including phenoxy) is 1. The molecule has 1 aromatic heterocycles. The average molecular weight is 237 g/mol. The van der Waals surface area contributed by atoms with Crippen LogP contribution in [0.3, 0.4) is 0 Å². The molecule has 1 fully saturated rings. The van der Waals surface area contributed by atoms with Crippen LogP contribution in [0.5, 0.6) is 0 Å². The van der Waals surface area contributed by atoms with E-state index in [2.05, 4.69) is 0 Å². The molecule has 2 heterocycles. The zero-order valence-electron chi connectivity index (χ0n) is 10.3. The minimum absolute atomic E-state index is 0.0411. The second-order valence-corrected chi connectivity index (χ2v) is 4.37. The lowest BCUT2D eigenvalue weighted by molar-refractivity contribution is 0.00303. The summed E-state index contributed by atoms with van der Waals surface area (Å²) < 4.78 is 7.22. The van der Waals surface area contributed by atoms with Crippen LogP contribution < -0.4 is 5.73 Å². The van der Waals surface area contributed by atoms with Gasteiger partial charge in [0.15, 0.2) is 0 Å². The number of rotatable bonds is 2. The lowest BCUT2D eigenvalue weighted by atomic mass is 10.2. The zero-order valence-corrected chi connectivity index (χ0v) is 10.3. The van der Waals surface area contributed by atoms with Crippen molar-refractivity contribution >= 4 is 11.6 Å². The SMILES string of the molecule is CCn1cc(N)cc1C(=O)N1CCOC[C@H]1C. The van der Waals surface area contributed by atoms with Crippen LogP contribution in [0.2, 0.25) is 0 Å². The Hall–Kier alpha value is -1.49. The standard InChI is InChI=1S/C12H19N3O2/c1-3-14-7-10(13)6-11(14)12(16)15-4-5-17-8-9(15)2/h6-7,9H,3-5,8,13H2,1-2H3/t9-/m1/s1. The van der Waals surface area contributed by atoms with Crippen molar-refractivity contribution < 1.29 is 9.53 Å². The summed E-state index contributed by atoms with van der Waals surface area (Å²) in [6, 6.07) is 1.87. The van der Waals surface area contributed by atoms with Crippen molar-refractivity contribution in [3.63, 3.8) is 0 Å². The van der Waals surface area contributed by atoms with E-state index in [4.69, 9.17) is 10.5 Å². The van der Waals surface area contributed by atoms with Crippen molar-refractivity contribution in [3.8, 4) is 0 Å². The Morgan fingerprint density at radius 2 is 2.41 bits per heavy atom. The Kier molecular flexibility index (Phi) is 3.38. The minimum atomic E-state index is 0.0411. The van der Waals surface area contributed by atoms with Gasteiger partial charge in [-0.25, -0.2) is 0 Å². The van der Waals surface area contributed by atoms with Gasteiger partial charge in [0.2, 0.25) is 0 Å². The van der Waals surface area contributed by atoms with Gasteiger partial charge in [0.1, 0.15) is 5.69 Å². The molecule has 5 nitrogen and oxygen atoms in total. The van der Waals surface area contributed by atoms with Crippen LogP contribution in [0.25, 0.3) is 0 Å². The normalized spacial score (nSPS) is 20.6. The van der Waals surface area contributed by atoms with E-state index in [1.165, 1.54) is 0 Å². The smallest absolute Gasteiger partial charge is 0.270 e. The van der Waals surface area contributed by atoms with Crippen molar-refractivity contribution in [1.82, 2.24) is 9.47 Å². The number of amides is 1. The van der Waals surface area contributed by atoms with Crippen molar-refractivity contribution in [2.75, 3.05) is 25.5 Å². The van der Waals surface area contributed by atoms with Crippen LogP contribution in [0.1, 0.15) is 24.3 Å². The first-order valence-corrected chi connectivity index (χ1v) is 5.97. The molecule has 2 N–H and O–H groups in total. The molecular formula is C12H19N3O2. The Morgan fingerprint density at radius 3 is 3.06 bits per heavy atom. The largest absolute Gasteiger partial charge is 0.397 e. The number of carbonyl (C=O) groups is 1. The fourth-order valence-corrected chi connectivity index (χ4v) is 2.15. The van der Waals surface area contributed by atoms with E-state index in [1.54, 1.807) is 12.3 Å². The molecule has 0 bridgehead atoms. The molecule has 2 rings (SSSR count). The maximum absolute atomic E-state index is 12.4. The highest BCUT2D eigenvalue weighted by molar-refractivity contribution is 5.94. The van der Waals surface area contributed by atoms with Gasteiger partial charge < -0.3 is 19.9 Å². The number of aromatic nitrogens is 1. The predicted molar refractivity (Wildman–Crippen MR) is 65.8 cm³/mol. The number of morpholine rings is 1. The van der Waals surface area contributed by atoms with Gasteiger partial charge in [0, 0.05) is 19.3 Å². The van der Waals surface area contributed by atoms with Gasteiger partial charge in [-0.3, -0.25) is 4.79 Å². The molecular weight excluding hydrogens is 218 g/mol. The molecule has 1 amide bonds. The minimum Gasteiger partial charge on any atom is -0.397 e. The summed E-state index contributed by atoms with van der Waals surface area (Å²) in [7, 11) is 0. The van der Waals surface area contributed by atoms with Crippen LogP contribution in [0.15, 0.2) is 12.3 Å². The number of hydrogen-bond acceptors (Lipinski definition) is 3. The van der Waals surface area contributed by atoms with E-state index in [-0.39, 0.29) is 11.9 Å². The lowest BCUT2D eigenvalue weighted by Crippen LogP contribution is -2.47. The fraction of sp³-hybridized carbons (Fsp3) is 0.583. The summed E-state index contributed by atoms with van der Waals surface area (Å²) in [5.74, 6) is 0.0411. The summed E-state index contributed by atoms with van der Waals surface area (Å²) in [5, 5.41) is 0. The molecule has 5 heteroatoms. The summed E-state index contributed by atoms with van der Waals surface area (Å²) >= 11 is 0. The first kappa shape index (κ1) is 12.0. The number of hydrogen-bond donors (Lipinski definition) is 1. The van der Waals surface area contributed by atoms with Gasteiger partial charge in [0.05, 0.1) is 24.9 Å². The molecule has 94 valence electrons. The topological polar surface area (TPSA) is 60.5 Å². The quantitative estimate of drug-likeness (QED) is 0.833. The van der Waals surface area contributed by atoms with Crippen LogP contribution in [-0.2, 0) is 11.3 Å². The molecule has 17 heavy (non-hydrogen) atoms. The summed E-state index contributed by atoms with van der Waals surface area (Å²) in [6.45, 7) is 6.61. The average Bonchev–Trinajstić information content (AvgIpc) is 2.70. The fourth-order valence-electron chi connectivity index (χ4n) is 2.15. The van der Waals surface area contributed by atoms with E-state index in [0.717, 1.165) is 6.54 Å². The Bertz CT molecular complexity index is 414. The molecule has 0 aliphatic carbocycles. The molecule has 0 unspecified atom stereocenters. The van der Waals surface area contributed by atoms with Gasteiger partial charge in [-0.2, -0.15) is 0 Å². The molecule has 0 aromatic carbocycles. The number of aryl methyl sites for hydroxylation is 1. The molecule has 1 aliphatic heterocycles. The van der Waals surface area contributed by atoms with Crippen molar-refractivity contribution in [3.05, 3.63) is 18.0 Å². The summed E-state index contributed by atoms with van der Waals surface area (Å²) in [4.78, 5) is 14.2. The van der Waals surface area contributed by atoms with Crippen LogP contribution in [0, 0.1) is 0 Å². The first-order chi connectivity index (χ1) is 8.13. The summed E-state index contributed by atoms with van der Waals surface area (Å²) in [6.07, 6.45) is 1.80. The van der Waals surface area contributed by atoms with Crippen LogP contribution in [0.4, 0.5) is 5.69 Å². The van der Waals surface area contributed by atoms with E-state index < -0.39 is 0 Å². The molecule has 0 saturated carbocycles. The zero-order chi connectivity index (χ0) is 12.4. The number of nitrogens with two attached hydrogens (primary N) is 1. The number of anilines is 1. The van der Waals surface area contributed by atoms with Crippen LogP contribution >= 0.6 is 0 Å². The second-order valence-electron chi connectivity index (χ2n) is 4.37. The highest BCUT2D eigenvalue weighted by atomic mass is 16.5. The van der Waals surface area contributed by atoms with E-state index in [0.29, 0.717) is 31.1 Å². The second kappa shape index (κ2) is 4.79. The number of carbonyl (C=O) groups excluding carboxylic acids is 1. The van der Waals surface area contributed by atoms with Gasteiger partial charge >= 0.3 is 0 Å². The van der Waals surface area contributed by atoms with Gasteiger partial charge in [-0.05, 0) is 19.9 Å². The van der Waals surface area contributed by atoms with Gasteiger partial charge in [0.25, 0.3) is 5.91 Å². The highest BCUT2D eigenvalue weighted by Gasteiger charge is 2.26. The van der Waals surface area contributed by atoms with Crippen LogP contribution in [-0.4, -0.2) is 41.2 Å². The molecule has 1 aliphatic rings. The molecule has 1 saturated heterocycles. The maximum atomic E-state index is 12.4. The third kappa shape index (κ3) is 2.29. The monoisotopic (exact) mass is 237 g/mol. The first-order valence-electron chi connectivity index (χ1n) is 5.97. The van der Waals surface area contributed by atoms with E-state index in [9.17, 15) is 4.79 Å². The van der Waals surface area contributed by atoms with Crippen molar-refractivity contribution in [2.45, 2.75) is 26.4 Å². The Balaban J connectivity index is 2.23. The molecule has 0 radical (unpaired) electrons. The van der Waals surface area contributed by atoms with Crippen molar-refractivity contribution in [1.29, 1.82) is 0 Å². The third-order valence-corrected chi connectivity index (χ3v) is 3.11. The van der Waals surface area contributed by atoms with Gasteiger partial charge in [-0.1, -0.05) is 0 Å². The third-order valence-electron chi connectivity index (χ3n) is 3.11. The lowest BCUT2D eigenvalue weighted by Gasteiger charge is -2.33. The van der Waals surface area contributed by atoms with Crippen molar-refractivity contribution in [2.24, 2.45) is 0 Å². The maximum Gasteiger partial charge on any atom is 0.270 e. The molecule has 1 atom stereocenters. The molecule has 0 spiro atoms. The summed E-state index contributed by atoms with van der Waals surface area (Å²) in [5.41, 5.74) is 7.04. The highest BCUT2D eigenvalue weighted by Crippen LogP contribution is 2.16. The van der Waals surface area contributed by atoms with E-state index in [1.807, 2.05) is 23.3 Å². The Labute approximate surface area is 101 Å². The Morgan fingerprint density at radius 1 is 1.65 bits per heavy atom.